The Morgan fingerprint density at radius 2 is 1.83 bits per heavy atom. The summed E-state index contributed by atoms with van der Waals surface area (Å²) in [4.78, 5) is 12.0. The van der Waals surface area contributed by atoms with Crippen LogP contribution in [0.1, 0.15) is 30.4 Å². The topological polar surface area (TPSA) is 66.5 Å². The Morgan fingerprint density at radius 3 is 2.48 bits per heavy atom. The van der Waals surface area contributed by atoms with Crippen molar-refractivity contribution in [2.24, 2.45) is 0 Å². The molecular weight excluding hydrogens is 415 g/mol. The van der Waals surface area contributed by atoms with Crippen molar-refractivity contribution in [1.29, 1.82) is 0 Å². The van der Waals surface area contributed by atoms with Crippen LogP contribution in [0, 0.1) is 12.7 Å². The fourth-order valence-electron chi connectivity index (χ4n) is 2.97. The lowest BCUT2D eigenvalue weighted by molar-refractivity contribution is -0.121. The largest absolute Gasteiger partial charge is 0.356 e. The molecule has 0 radical (unpaired) electrons. The number of carbonyl (C=O) groups excluding carboxylic acids is 1. The molecule has 2 aromatic carbocycles. The molecule has 8 heteroatoms. The number of nitrogens with zero attached hydrogens (tertiary/aromatic N) is 1. The molecule has 1 amide bonds. The van der Waals surface area contributed by atoms with Gasteiger partial charge in [0, 0.05) is 24.5 Å². The second kappa shape index (κ2) is 10.6. The fourth-order valence-corrected chi connectivity index (χ4v) is 4.16. The van der Waals surface area contributed by atoms with Crippen LogP contribution in [0.5, 0.6) is 0 Å². The van der Waals surface area contributed by atoms with Crippen molar-refractivity contribution in [2.75, 3.05) is 23.7 Å². The molecule has 2 aromatic rings. The van der Waals surface area contributed by atoms with Gasteiger partial charge in [-0.05, 0) is 61.6 Å². The van der Waals surface area contributed by atoms with Gasteiger partial charge in [-0.25, -0.2) is 12.8 Å². The Hall–Kier alpha value is -2.12. The Balaban J connectivity index is 1.79. The number of sulfonamides is 1. The number of halogens is 2. The summed E-state index contributed by atoms with van der Waals surface area (Å²) >= 11 is 6.11. The molecule has 0 unspecified atom stereocenters. The molecule has 5 nitrogen and oxygen atoms in total. The number of amides is 1. The third-order valence-corrected chi connectivity index (χ3v) is 6.14. The van der Waals surface area contributed by atoms with E-state index in [0.29, 0.717) is 29.2 Å². The van der Waals surface area contributed by atoms with Crippen molar-refractivity contribution >= 4 is 33.2 Å². The van der Waals surface area contributed by atoms with Crippen molar-refractivity contribution in [3.05, 3.63) is 64.4 Å². The molecule has 0 bridgehead atoms. The van der Waals surface area contributed by atoms with Crippen LogP contribution in [0.2, 0.25) is 5.02 Å². The van der Waals surface area contributed by atoms with Crippen molar-refractivity contribution in [1.82, 2.24) is 5.32 Å². The third kappa shape index (κ3) is 7.33. The van der Waals surface area contributed by atoms with Crippen molar-refractivity contribution in [2.45, 2.75) is 32.6 Å². The van der Waals surface area contributed by atoms with Gasteiger partial charge in [-0.3, -0.25) is 9.10 Å². The van der Waals surface area contributed by atoms with Crippen molar-refractivity contribution in [3.63, 3.8) is 0 Å². The summed E-state index contributed by atoms with van der Waals surface area (Å²) in [6.07, 6.45) is 3.25. The van der Waals surface area contributed by atoms with Crippen LogP contribution in [0.3, 0.4) is 0 Å². The van der Waals surface area contributed by atoms with Crippen LogP contribution < -0.4 is 9.62 Å². The molecule has 0 fully saturated rings. The predicted molar refractivity (Wildman–Crippen MR) is 115 cm³/mol. The molecule has 0 saturated carbocycles. The van der Waals surface area contributed by atoms with E-state index in [-0.39, 0.29) is 24.7 Å². The Labute approximate surface area is 176 Å². The average Bonchev–Trinajstić information content (AvgIpc) is 2.65. The number of anilines is 1. The van der Waals surface area contributed by atoms with Crippen molar-refractivity contribution < 1.29 is 17.6 Å². The van der Waals surface area contributed by atoms with Gasteiger partial charge in [0.2, 0.25) is 15.9 Å². The second-order valence-electron chi connectivity index (χ2n) is 6.90. The molecule has 29 heavy (non-hydrogen) atoms. The minimum atomic E-state index is -3.49. The minimum absolute atomic E-state index is 0.125. The molecule has 0 aliphatic heterocycles. The number of aryl methyl sites for hydroxylation is 1. The highest BCUT2D eigenvalue weighted by molar-refractivity contribution is 7.92. The van der Waals surface area contributed by atoms with Gasteiger partial charge in [0.1, 0.15) is 5.82 Å². The SMILES string of the molecule is Cc1c(Cl)cccc1N(CCCC(=O)NCCCc1ccc(F)cc1)S(C)(=O)=O. The molecule has 1 N–H and O–H groups in total. The van der Waals surface area contributed by atoms with Gasteiger partial charge >= 0.3 is 0 Å². The number of carbonyl (C=O) groups is 1. The molecular formula is C21H26ClFN2O3S. The Kier molecular flexibility index (Phi) is 8.46. The number of benzene rings is 2. The molecule has 0 atom stereocenters. The van der Waals surface area contributed by atoms with E-state index in [2.05, 4.69) is 5.32 Å². The summed E-state index contributed by atoms with van der Waals surface area (Å²) in [5.41, 5.74) is 2.23. The summed E-state index contributed by atoms with van der Waals surface area (Å²) < 4.78 is 38.6. The van der Waals surface area contributed by atoms with Gasteiger partial charge in [-0.1, -0.05) is 29.8 Å². The van der Waals surface area contributed by atoms with Gasteiger partial charge in [-0.15, -0.1) is 0 Å². The van der Waals surface area contributed by atoms with E-state index in [4.69, 9.17) is 11.6 Å². The summed E-state index contributed by atoms with van der Waals surface area (Å²) in [5.74, 6) is -0.390. The standard InChI is InChI=1S/C21H26ClFN2O3S/c1-16-19(22)7-3-8-20(16)25(29(2,27)28)15-5-9-21(26)24-14-4-6-17-10-12-18(23)13-11-17/h3,7-8,10-13H,4-6,9,14-15H2,1-2H3,(H,24,26). The lowest BCUT2D eigenvalue weighted by atomic mass is 10.1. The summed E-state index contributed by atoms with van der Waals surface area (Å²) in [6.45, 7) is 2.48. The van der Waals surface area contributed by atoms with Crippen LogP contribution in [0.25, 0.3) is 0 Å². The van der Waals surface area contributed by atoms with Gasteiger partial charge in [0.25, 0.3) is 0 Å². The molecule has 0 spiro atoms. The minimum Gasteiger partial charge on any atom is -0.356 e. The lowest BCUT2D eigenvalue weighted by Crippen LogP contribution is -2.32. The molecule has 0 aromatic heterocycles. The molecule has 158 valence electrons. The first-order valence-electron chi connectivity index (χ1n) is 9.42. The van der Waals surface area contributed by atoms with E-state index in [1.807, 2.05) is 0 Å². The van der Waals surface area contributed by atoms with Crippen LogP contribution >= 0.6 is 11.6 Å². The monoisotopic (exact) mass is 440 g/mol. The molecule has 0 heterocycles. The van der Waals surface area contributed by atoms with E-state index in [1.54, 1.807) is 37.3 Å². The van der Waals surface area contributed by atoms with Crippen LogP contribution in [-0.2, 0) is 21.2 Å². The molecule has 0 aliphatic rings. The maximum atomic E-state index is 12.9. The highest BCUT2D eigenvalue weighted by atomic mass is 35.5. The second-order valence-corrected chi connectivity index (χ2v) is 9.22. The summed E-state index contributed by atoms with van der Waals surface area (Å²) in [7, 11) is -3.49. The van der Waals surface area contributed by atoms with Gasteiger partial charge in [0.05, 0.1) is 11.9 Å². The van der Waals surface area contributed by atoms with Gasteiger partial charge < -0.3 is 5.32 Å². The number of nitrogens with one attached hydrogen (secondary N) is 1. The molecule has 0 aliphatic carbocycles. The smallest absolute Gasteiger partial charge is 0.232 e. The molecule has 2 rings (SSSR count). The zero-order valence-corrected chi connectivity index (χ0v) is 18.2. The number of rotatable bonds is 10. The summed E-state index contributed by atoms with van der Waals surface area (Å²) in [6, 6.07) is 11.4. The first-order valence-corrected chi connectivity index (χ1v) is 11.6. The first-order chi connectivity index (χ1) is 13.7. The summed E-state index contributed by atoms with van der Waals surface area (Å²) in [5, 5.41) is 3.33. The lowest BCUT2D eigenvalue weighted by Gasteiger charge is -2.24. The predicted octanol–water partition coefficient (Wildman–Crippen LogP) is 4.08. The third-order valence-electron chi connectivity index (χ3n) is 4.55. The average molecular weight is 441 g/mol. The van der Waals surface area contributed by atoms with Gasteiger partial charge in [-0.2, -0.15) is 0 Å². The van der Waals surface area contributed by atoms with E-state index in [9.17, 15) is 17.6 Å². The highest BCUT2D eigenvalue weighted by Gasteiger charge is 2.20. The highest BCUT2D eigenvalue weighted by Crippen LogP contribution is 2.28. The number of hydrogen-bond acceptors (Lipinski definition) is 3. The maximum absolute atomic E-state index is 12.9. The van der Waals surface area contributed by atoms with Crippen LogP contribution in [0.4, 0.5) is 10.1 Å². The quantitative estimate of drug-likeness (QED) is 0.566. The van der Waals surface area contributed by atoms with Crippen LogP contribution in [0.15, 0.2) is 42.5 Å². The fraction of sp³-hybridized carbons (Fsp3) is 0.381. The zero-order valence-electron chi connectivity index (χ0n) is 16.6. The van der Waals surface area contributed by atoms with E-state index in [0.717, 1.165) is 24.7 Å². The van der Waals surface area contributed by atoms with E-state index in [1.165, 1.54) is 16.4 Å². The van der Waals surface area contributed by atoms with Crippen molar-refractivity contribution in [3.8, 4) is 0 Å². The first kappa shape index (κ1) is 23.2. The Morgan fingerprint density at radius 1 is 1.14 bits per heavy atom. The van der Waals surface area contributed by atoms with E-state index < -0.39 is 10.0 Å². The maximum Gasteiger partial charge on any atom is 0.232 e. The van der Waals surface area contributed by atoms with Crippen LogP contribution in [-0.4, -0.2) is 33.7 Å². The molecule has 0 saturated heterocycles. The van der Waals surface area contributed by atoms with E-state index >= 15 is 0 Å². The zero-order chi connectivity index (χ0) is 21.4. The van der Waals surface area contributed by atoms with Gasteiger partial charge in [0.15, 0.2) is 0 Å². The number of hydrogen-bond donors (Lipinski definition) is 1. The normalized spacial score (nSPS) is 11.3. The Bertz CT molecular complexity index is 933.